The van der Waals surface area contributed by atoms with Crippen molar-refractivity contribution in [1.82, 2.24) is 19.1 Å². The van der Waals surface area contributed by atoms with Gasteiger partial charge in [0.2, 0.25) is 0 Å². The first-order valence-electron chi connectivity index (χ1n) is 12.5. The van der Waals surface area contributed by atoms with Gasteiger partial charge in [-0.15, -0.1) is 22.7 Å². The van der Waals surface area contributed by atoms with Crippen molar-refractivity contribution in [1.29, 1.82) is 0 Å². The van der Waals surface area contributed by atoms with Crippen molar-refractivity contribution in [2.75, 3.05) is 0 Å². The third kappa shape index (κ3) is 2.63. The maximum absolute atomic E-state index is 4.83. The number of nitrogens with zero attached hydrogens (tertiary/aromatic N) is 4. The number of hydrogen-bond acceptors (Lipinski definition) is 4. The van der Waals surface area contributed by atoms with Crippen molar-refractivity contribution >= 4 is 85.3 Å². The van der Waals surface area contributed by atoms with Gasteiger partial charge in [-0.2, -0.15) is 0 Å². The number of aromatic nitrogens is 4. The van der Waals surface area contributed by atoms with E-state index >= 15 is 0 Å². The fourth-order valence-electron chi connectivity index (χ4n) is 5.88. The van der Waals surface area contributed by atoms with Gasteiger partial charge in [0.25, 0.3) is 0 Å². The first-order valence-corrected chi connectivity index (χ1v) is 14.1. The summed E-state index contributed by atoms with van der Waals surface area (Å²) in [6.07, 6.45) is 3.79. The van der Waals surface area contributed by atoms with Crippen LogP contribution in [-0.2, 0) is 0 Å². The lowest BCUT2D eigenvalue weighted by atomic mass is 10.2. The zero-order chi connectivity index (χ0) is 24.8. The maximum Gasteiger partial charge on any atom is 0.111 e. The fourth-order valence-corrected chi connectivity index (χ4v) is 8.36. The smallest absolute Gasteiger partial charge is 0.111 e. The standard InChI is InChI=1S/C32H18N4S2/c1-3-14-25-21(10-1)27-29-23(12-6-16-33-29)35(31(27)37-25)19-8-5-9-20(18-19)36-24-13-7-17-34-30(24)28-22-11-2-4-15-26(22)38-32(28)36/h1-18H. The number of pyridine rings is 2. The molecule has 0 fully saturated rings. The number of benzene rings is 3. The van der Waals surface area contributed by atoms with E-state index in [1.165, 1.54) is 40.6 Å². The first kappa shape index (κ1) is 20.5. The first-order chi connectivity index (χ1) is 18.9. The van der Waals surface area contributed by atoms with Crippen LogP contribution in [0.3, 0.4) is 0 Å². The van der Waals surface area contributed by atoms with E-state index in [1.807, 2.05) is 47.2 Å². The minimum absolute atomic E-state index is 1.05. The fraction of sp³-hybridized carbons (Fsp3) is 0. The van der Waals surface area contributed by atoms with E-state index in [0.29, 0.717) is 0 Å². The second-order valence-corrected chi connectivity index (χ2v) is 11.6. The average molecular weight is 523 g/mol. The molecule has 38 heavy (non-hydrogen) atoms. The molecule has 0 saturated heterocycles. The summed E-state index contributed by atoms with van der Waals surface area (Å²) in [6, 6.07) is 34.5. The molecule has 0 aliphatic heterocycles. The molecule has 0 radical (unpaired) electrons. The number of fused-ring (bicyclic) bond motifs is 10. The Balaban J connectivity index is 1.37. The van der Waals surface area contributed by atoms with Crippen LogP contribution in [0.5, 0.6) is 0 Å². The van der Waals surface area contributed by atoms with E-state index in [4.69, 9.17) is 9.97 Å². The average Bonchev–Trinajstić information content (AvgIpc) is 3.69. The molecule has 178 valence electrons. The van der Waals surface area contributed by atoms with Crippen molar-refractivity contribution in [2.45, 2.75) is 0 Å². The predicted molar refractivity (Wildman–Crippen MR) is 161 cm³/mol. The lowest BCUT2D eigenvalue weighted by Crippen LogP contribution is -1.97. The Morgan fingerprint density at radius 2 is 1.00 bits per heavy atom. The zero-order valence-corrected chi connectivity index (χ0v) is 21.6. The van der Waals surface area contributed by atoms with Crippen molar-refractivity contribution in [2.24, 2.45) is 0 Å². The van der Waals surface area contributed by atoms with E-state index < -0.39 is 0 Å². The minimum Gasteiger partial charge on any atom is -0.299 e. The molecule has 0 atom stereocenters. The molecule has 6 aromatic heterocycles. The number of hydrogen-bond donors (Lipinski definition) is 0. The third-order valence-corrected chi connectivity index (χ3v) is 9.75. The monoisotopic (exact) mass is 522 g/mol. The van der Waals surface area contributed by atoms with E-state index in [0.717, 1.165) is 33.4 Å². The topological polar surface area (TPSA) is 35.6 Å². The van der Waals surface area contributed by atoms with E-state index in [9.17, 15) is 0 Å². The van der Waals surface area contributed by atoms with Gasteiger partial charge in [-0.05, 0) is 54.6 Å². The van der Waals surface area contributed by atoms with Gasteiger partial charge in [0, 0.05) is 54.7 Å². The van der Waals surface area contributed by atoms with Crippen molar-refractivity contribution in [3.63, 3.8) is 0 Å². The SMILES string of the molecule is c1cc(-n2c3cccnc3c3c4ccccc4sc32)cc(-n2c3cccnc3c3c4ccccc4sc32)c1. The van der Waals surface area contributed by atoms with Crippen LogP contribution in [0.2, 0.25) is 0 Å². The van der Waals surface area contributed by atoms with Crippen LogP contribution in [0.4, 0.5) is 0 Å². The molecule has 3 aromatic carbocycles. The molecule has 0 bridgehead atoms. The molecule has 0 N–H and O–H groups in total. The summed E-state index contributed by atoms with van der Waals surface area (Å²) < 4.78 is 7.31. The van der Waals surface area contributed by atoms with Gasteiger partial charge in [0.15, 0.2) is 0 Å². The van der Waals surface area contributed by atoms with Crippen molar-refractivity contribution in [3.8, 4) is 11.4 Å². The molecule has 6 heteroatoms. The maximum atomic E-state index is 4.83. The van der Waals surface area contributed by atoms with Crippen LogP contribution in [0.15, 0.2) is 109 Å². The van der Waals surface area contributed by atoms with Gasteiger partial charge in [0.05, 0.1) is 22.1 Å². The highest BCUT2D eigenvalue weighted by molar-refractivity contribution is 7.26. The molecule has 9 aromatic rings. The molecular weight excluding hydrogens is 505 g/mol. The molecule has 6 heterocycles. The van der Waals surface area contributed by atoms with E-state index in [1.54, 1.807) is 0 Å². The highest BCUT2D eigenvalue weighted by atomic mass is 32.1. The van der Waals surface area contributed by atoms with Gasteiger partial charge in [-0.1, -0.05) is 42.5 Å². The molecule has 4 nitrogen and oxygen atoms in total. The van der Waals surface area contributed by atoms with Crippen LogP contribution >= 0.6 is 22.7 Å². The molecule has 0 unspecified atom stereocenters. The molecule has 0 spiro atoms. The number of thiophene rings is 2. The number of rotatable bonds is 2. The lowest BCUT2D eigenvalue weighted by molar-refractivity contribution is 1.14. The van der Waals surface area contributed by atoms with Gasteiger partial charge in [-0.25, -0.2) is 0 Å². The molecule has 0 aliphatic rings. The Bertz CT molecular complexity index is 2200. The van der Waals surface area contributed by atoms with Crippen LogP contribution in [0.1, 0.15) is 0 Å². The zero-order valence-electron chi connectivity index (χ0n) is 20.0. The van der Waals surface area contributed by atoms with Gasteiger partial charge >= 0.3 is 0 Å². The summed E-state index contributed by atoms with van der Waals surface area (Å²) in [5.74, 6) is 0. The Morgan fingerprint density at radius 3 is 1.53 bits per heavy atom. The van der Waals surface area contributed by atoms with Gasteiger partial charge < -0.3 is 0 Å². The summed E-state index contributed by atoms with van der Waals surface area (Å²) in [5.41, 5.74) is 6.61. The highest BCUT2D eigenvalue weighted by Gasteiger charge is 2.21. The molecule has 0 saturated carbocycles. The van der Waals surface area contributed by atoms with Crippen molar-refractivity contribution < 1.29 is 0 Å². The molecule has 0 aliphatic carbocycles. The molecular formula is C32H18N4S2. The lowest BCUT2D eigenvalue weighted by Gasteiger charge is -2.11. The largest absolute Gasteiger partial charge is 0.299 e. The van der Waals surface area contributed by atoms with Crippen LogP contribution in [0, 0.1) is 0 Å². The second-order valence-electron chi connectivity index (χ2n) is 9.49. The van der Waals surface area contributed by atoms with Gasteiger partial charge in [-0.3, -0.25) is 19.1 Å². The predicted octanol–water partition coefficient (Wildman–Crippen LogP) is 9.10. The Hall–Kier alpha value is -4.52. The third-order valence-electron chi connectivity index (χ3n) is 7.43. The summed E-state index contributed by atoms with van der Waals surface area (Å²) in [4.78, 5) is 12.1. The Kier molecular flexibility index (Phi) is 4.06. The summed E-state index contributed by atoms with van der Waals surface area (Å²) in [6.45, 7) is 0. The van der Waals surface area contributed by atoms with Crippen LogP contribution in [-0.4, -0.2) is 19.1 Å². The summed E-state index contributed by atoms with van der Waals surface area (Å²) in [5, 5.41) is 4.99. The molecule has 9 rings (SSSR count). The normalized spacial score (nSPS) is 12.2. The Labute approximate surface area is 224 Å². The highest BCUT2D eigenvalue weighted by Crippen LogP contribution is 2.43. The summed E-state index contributed by atoms with van der Waals surface area (Å²) in [7, 11) is 0. The quantitative estimate of drug-likeness (QED) is 0.227. The summed E-state index contributed by atoms with van der Waals surface area (Å²) >= 11 is 3.66. The van der Waals surface area contributed by atoms with Gasteiger partial charge in [0.1, 0.15) is 9.66 Å². The minimum atomic E-state index is 1.05. The molecule has 0 amide bonds. The van der Waals surface area contributed by atoms with Crippen LogP contribution in [0.25, 0.3) is 74.0 Å². The van der Waals surface area contributed by atoms with Crippen LogP contribution < -0.4 is 0 Å². The van der Waals surface area contributed by atoms with E-state index in [-0.39, 0.29) is 0 Å². The Morgan fingerprint density at radius 1 is 0.500 bits per heavy atom. The second kappa shape index (κ2) is 7.51. The van der Waals surface area contributed by atoms with Crippen molar-refractivity contribution in [3.05, 3.63) is 109 Å². The van der Waals surface area contributed by atoms with E-state index in [2.05, 4.69) is 94.1 Å².